The van der Waals surface area contributed by atoms with E-state index in [0.29, 0.717) is 24.0 Å². The van der Waals surface area contributed by atoms with Crippen LogP contribution in [0.4, 0.5) is 0 Å². The predicted molar refractivity (Wildman–Crippen MR) is 58.5 cm³/mol. The van der Waals surface area contributed by atoms with Gasteiger partial charge in [0.05, 0.1) is 6.10 Å². The number of amides is 2. The van der Waals surface area contributed by atoms with E-state index in [1.54, 1.807) is 13.8 Å². The van der Waals surface area contributed by atoms with Crippen molar-refractivity contribution in [2.45, 2.75) is 51.7 Å². The van der Waals surface area contributed by atoms with Gasteiger partial charge in [-0.1, -0.05) is 0 Å². The number of carbonyl (C=O) groups is 2. The standard InChI is InChI=1S/C12H17NO3/c1-7-8(2)12(16)13(11(7)15)9-3-5-10(14)6-4-9/h9-10,14H,3-6H2,1-2H3. The van der Waals surface area contributed by atoms with Gasteiger partial charge in [0.15, 0.2) is 0 Å². The van der Waals surface area contributed by atoms with E-state index >= 15 is 0 Å². The molecule has 1 fully saturated rings. The lowest BCUT2D eigenvalue weighted by Crippen LogP contribution is -2.43. The van der Waals surface area contributed by atoms with Crippen molar-refractivity contribution in [3.8, 4) is 0 Å². The summed E-state index contributed by atoms with van der Waals surface area (Å²) in [5.41, 5.74) is 1.13. The summed E-state index contributed by atoms with van der Waals surface area (Å²) in [6.45, 7) is 3.40. The van der Waals surface area contributed by atoms with Crippen LogP contribution in [0.25, 0.3) is 0 Å². The Bertz CT molecular complexity index is 340. The van der Waals surface area contributed by atoms with Crippen molar-refractivity contribution in [1.29, 1.82) is 0 Å². The summed E-state index contributed by atoms with van der Waals surface area (Å²) in [5, 5.41) is 9.41. The molecule has 2 amide bonds. The molecule has 4 nitrogen and oxygen atoms in total. The van der Waals surface area contributed by atoms with Gasteiger partial charge in [0, 0.05) is 17.2 Å². The zero-order valence-electron chi connectivity index (χ0n) is 9.69. The van der Waals surface area contributed by atoms with Crippen LogP contribution in [0.5, 0.6) is 0 Å². The Morgan fingerprint density at radius 1 is 1.00 bits per heavy atom. The van der Waals surface area contributed by atoms with E-state index in [9.17, 15) is 14.7 Å². The van der Waals surface area contributed by atoms with Gasteiger partial charge in [0.2, 0.25) is 0 Å². The molecular weight excluding hydrogens is 206 g/mol. The minimum absolute atomic E-state index is 0.0178. The van der Waals surface area contributed by atoms with E-state index in [0.717, 1.165) is 12.8 Å². The molecule has 4 heteroatoms. The van der Waals surface area contributed by atoms with Crippen LogP contribution in [0.3, 0.4) is 0 Å². The van der Waals surface area contributed by atoms with E-state index < -0.39 is 0 Å². The Kier molecular flexibility index (Phi) is 2.84. The van der Waals surface area contributed by atoms with Gasteiger partial charge < -0.3 is 5.11 Å². The largest absolute Gasteiger partial charge is 0.393 e. The Morgan fingerprint density at radius 2 is 1.44 bits per heavy atom. The highest BCUT2D eigenvalue weighted by Gasteiger charge is 2.39. The summed E-state index contributed by atoms with van der Waals surface area (Å²) < 4.78 is 0. The molecule has 1 aliphatic carbocycles. The quantitative estimate of drug-likeness (QED) is 0.674. The summed E-state index contributed by atoms with van der Waals surface area (Å²) in [7, 11) is 0. The van der Waals surface area contributed by atoms with Gasteiger partial charge in [0.25, 0.3) is 11.8 Å². The second-order valence-corrected chi connectivity index (χ2v) is 4.69. The summed E-state index contributed by atoms with van der Waals surface area (Å²) in [4.78, 5) is 25.2. The number of hydrogen-bond acceptors (Lipinski definition) is 3. The minimum Gasteiger partial charge on any atom is -0.393 e. The van der Waals surface area contributed by atoms with Crippen LogP contribution >= 0.6 is 0 Å². The third kappa shape index (κ3) is 1.67. The number of rotatable bonds is 1. The van der Waals surface area contributed by atoms with Crippen molar-refractivity contribution >= 4 is 11.8 Å². The molecule has 1 saturated carbocycles. The second kappa shape index (κ2) is 4.01. The number of imide groups is 1. The molecule has 1 N–H and O–H groups in total. The Morgan fingerprint density at radius 3 is 1.88 bits per heavy atom. The van der Waals surface area contributed by atoms with Crippen LogP contribution in [-0.2, 0) is 9.59 Å². The first-order valence-electron chi connectivity index (χ1n) is 5.75. The van der Waals surface area contributed by atoms with Crippen molar-refractivity contribution in [3.05, 3.63) is 11.1 Å². The SMILES string of the molecule is CC1=C(C)C(=O)N(C2CCC(O)CC2)C1=O. The van der Waals surface area contributed by atoms with Crippen molar-refractivity contribution < 1.29 is 14.7 Å². The first kappa shape index (κ1) is 11.3. The Hall–Kier alpha value is -1.16. The molecule has 0 saturated heterocycles. The molecule has 0 spiro atoms. The summed E-state index contributed by atoms with van der Waals surface area (Å²) in [6, 6.07) is -0.0178. The molecule has 1 heterocycles. The maximum Gasteiger partial charge on any atom is 0.257 e. The molecule has 1 aliphatic heterocycles. The molecule has 0 aromatic carbocycles. The van der Waals surface area contributed by atoms with Crippen LogP contribution in [-0.4, -0.2) is 34.0 Å². The smallest absolute Gasteiger partial charge is 0.257 e. The topological polar surface area (TPSA) is 57.6 Å². The molecule has 2 aliphatic rings. The van der Waals surface area contributed by atoms with Crippen molar-refractivity contribution in [2.24, 2.45) is 0 Å². The number of aliphatic hydroxyl groups is 1. The first-order chi connectivity index (χ1) is 7.52. The van der Waals surface area contributed by atoms with Gasteiger partial charge in [0.1, 0.15) is 0 Å². The third-order valence-electron chi connectivity index (χ3n) is 3.67. The number of carbonyl (C=O) groups excluding carboxylic acids is 2. The highest BCUT2D eigenvalue weighted by Crippen LogP contribution is 2.29. The van der Waals surface area contributed by atoms with Crippen LogP contribution in [0.15, 0.2) is 11.1 Å². The van der Waals surface area contributed by atoms with Crippen LogP contribution < -0.4 is 0 Å². The van der Waals surface area contributed by atoms with Gasteiger partial charge in [-0.05, 0) is 39.5 Å². The maximum absolute atomic E-state index is 11.9. The van der Waals surface area contributed by atoms with Crippen LogP contribution in [0.2, 0.25) is 0 Å². The van der Waals surface area contributed by atoms with Gasteiger partial charge in [-0.15, -0.1) is 0 Å². The van der Waals surface area contributed by atoms with Crippen LogP contribution in [0.1, 0.15) is 39.5 Å². The monoisotopic (exact) mass is 223 g/mol. The molecule has 0 unspecified atom stereocenters. The van der Waals surface area contributed by atoms with Crippen LogP contribution in [0, 0.1) is 0 Å². The van der Waals surface area contributed by atoms with E-state index in [1.165, 1.54) is 4.90 Å². The molecule has 2 rings (SSSR count). The van der Waals surface area contributed by atoms with E-state index in [4.69, 9.17) is 0 Å². The summed E-state index contributed by atoms with van der Waals surface area (Å²) in [5.74, 6) is -0.298. The third-order valence-corrected chi connectivity index (χ3v) is 3.67. The highest BCUT2D eigenvalue weighted by atomic mass is 16.3. The number of nitrogens with zero attached hydrogens (tertiary/aromatic N) is 1. The fourth-order valence-electron chi connectivity index (χ4n) is 2.42. The van der Waals surface area contributed by atoms with Gasteiger partial charge >= 0.3 is 0 Å². The number of hydrogen-bond donors (Lipinski definition) is 1. The normalized spacial score (nSPS) is 31.6. The zero-order chi connectivity index (χ0) is 11.9. The molecule has 0 bridgehead atoms. The molecule has 16 heavy (non-hydrogen) atoms. The van der Waals surface area contributed by atoms with Crippen molar-refractivity contribution in [2.75, 3.05) is 0 Å². The summed E-state index contributed by atoms with van der Waals surface area (Å²) >= 11 is 0. The molecule has 88 valence electrons. The average molecular weight is 223 g/mol. The van der Waals surface area contributed by atoms with Crippen molar-refractivity contribution in [3.63, 3.8) is 0 Å². The Balaban J connectivity index is 2.13. The van der Waals surface area contributed by atoms with E-state index in [-0.39, 0.29) is 24.0 Å². The minimum atomic E-state index is -0.265. The van der Waals surface area contributed by atoms with Gasteiger partial charge in [-0.2, -0.15) is 0 Å². The molecule has 0 atom stereocenters. The molecule has 0 radical (unpaired) electrons. The first-order valence-corrected chi connectivity index (χ1v) is 5.75. The number of aliphatic hydroxyl groups excluding tert-OH is 1. The summed E-state index contributed by atoms with van der Waals surface area (Å²) in [6.07, 6.45) is 2.54. The highest BCUT2D eigenvalue weighted by molar-refractivity contribution is 6.18. The fraction of sp³-hybridized carbons (Fsp3) is 0.667. The fourth-order valence-corrected chi connectivity index (χ4v) is 2.42. The zero-order valence-corrected chi connectivity index (χ0v) is 9.69. The molecule has 0 aromatic rings. The lowest BCUT2D eigenvalue weighted by molar-refractivity contribution is -0.141. The second-order valence-electron chi connectivity index (χ2n) is 4.69. The molecule has 0 aromatic heterocycles. The molecular formula is C12H17NO3. The predicted octanol–water partition coefficient (Wildman–Crippen LogP) is 0.995. The van der Waals surface area contributed by atoms with Gasteiger partial charge in [-0.25, -0.2) is 0 Å². The van der Waals surface area contributed by atoms with E-state index in [2.05, 4.69) is 0 Å². The van der Waals surface area contributed by atoms with E-state index in [1.807, 2.05) is 0 Å². The maximum atomic E-state index is 11.9. The average Bonchev–Trinajstić information content (AvgIpc) is 2.46. The lowest BCUT2D eigenvalue weighted by Gasteiger charge is -2.31. The Labute approximate surface area is 94.9 Å². The van der Waals surface area contributed by atoms with Crippen molar-refractivity contribution in [1.82, 2.24) is 4.90 Å². The lowest BCUT2D eigenvalue weighted by atomic mass is 9.92. The van der Waals surface area contributed by atoms with Gasteiger partial charge in [-0.3, -0.25) is 14.5 Å².